The Morgan fingerprint density at radius 2 is 2.14 bits per heavy atom. The van der Waals surface area contributed by atoms with Gasteiger partial charge in [0.25, 0.3) is 15.9 Å². The zero-order valence-electron chi connectivity index (χ0n) is 13.0. The maximum absolute atomic E-state index is 12.4. The van der Waals surface area contributed by atoms with Gasteiger partial charge in [-0.2, -0.15) is 4.31 Å². The Hall–Kier alpha value is -0.960. The summed E-state index contributed by atoms with van der Waals surface area (Å²) >= 11 is 1.24. The van der Waals surface area contributed by atoms with Gasteiger partial charge < -0.3 is 10.2 Å². The Labute approximate surface area is 136 Å². The lowest BCUT2D eigenvalue weighted by molar-refractivity contribution is -0.917. The van der Waals surface area contributed by atoms with Gasteiger partial charge in [0.15, 0.2) is 6.04 Å². The minimum atomic E-state index is -3.36. The number of rotatable bonds is 6. The molecule has 1 aliphatic rings. The van der Waals surface area contributed by atoms with Crippen LogP contribution in [0.25, 0.3) is 0 Å². The third-order valence-electron chi connectivity index (χ3n) is 4.01. The van der Waals surface area contributed by atoms with Crippen LogP contribution in [0, 0.1) is 0 Å². The minimum Gasteiger partial charge on any atom is -0.351 e. The molecule has 0 aliphatic carbocycles. The van der Waals surface area contributed by atoms with Crippen molar-refractivity contribution in [2.24, 2.45) is 0 Å². The second-order valence-corrected chi connectivity index (χ2v) is 8.62. The maximum atomic E-state index is 12.4. The molecule has 1 amide bonds. The quantitative estimate of drug-likeness (QED) is 0.733. The molecule has 6 nitrogen and oxygen atoms in total. The molecule has 1 atom stereocenters. The molecule has 8 heteroatoms. The highest BCUT2D eigenvalue weighted by Crippen LogP contribution is 2.20. The van der Waals surface area contributed by atoms with Crippen LogP contribution in [0.2, 0.25) is 0 Å². The molecule has 0 aromatic carbocycles. The number of hydrogen-bond donors (Lipinski definition) is 2. The van der Waals surface area contributed by atoms with Crippen molar-refractivity contribution in [1.29, 1.82) is 0 Å². The number of quaternary nitrogens is 1. The first-order chi connectivity index (χ1) is 10.5. The van der Waals surface area contributed by atoms with E-state index in [0.717, 1.165) is 11.3 Å². The number of thiophene rings is 1. The highest BCUT2D eigenvalue weighted by molar-refractivity contribution is 7.91. The smallest absolute Gasteiger partial charge is 0.278 e. The van der Waals surface area contributed by atoms with E-state index in [1.165, 1.54) is 15.6 Å². The molecule has 2 heterocycles. The van der Waals surface area contributed by atoms with Crippen LogP contribution in [0.5, 0.6) is 0 Å². The summed E-state index contributed by atoms with van der Waals surface area (Å²) in [6, 6.07) is 3.25. The van der Waals surface area contributed by atoms with Gasteiger partial charge in [-0.15, -0.1) is 11.3 Å². The normalized spacial score (nSPS) is 19.0. The predicted molar refractivity (Wildman–Crippen MR) is 86.5 cm³/mol. The first-order valence-corrected chi connectivity index (χ1v) is 9.94. The molecular weight excluding hydrogens is 322 g/mol. The summed E-state index contributed by atoms with van der Waals surface area (Å²) in [4.78, 5) is 13.1. The van der Waals surface area contributed by atoms with Crippen LogP contribution < -0.4 is 10.2 Å². The van der Waals surface area contributed by atoms with E-state index in [2.05, 4.69) is 5.32 Å². The molecule has 0 unspecified atom stereocenters. The fourth-order valence-electron chi connectivity index (χ4n) is 2.57. The lowest BCUT2D eigenvalue weighted by Crippen LogP contribution is -3.19. The van der Waals surface area contributed by atoms with E-state index in [1.54, 1.807) is 17.5 Å². The number of sulfonamides is 1. The van der Waals surface area contributed by atoms with Gasteiger partial charge in [0.2, 0.25) is 0 Å². The van der Waals surface area contributed by atoms with Crippen molar-refractivity contribution in [3.63, 3.8) is 0 Å². The molecule has 124 valence electrons. The van der Waals surface area contributed by atoms with Gasteiger partial charge in [-0.05, 0) is 24.8 Å². The Kier molecular flexibility index (Phi) is 5.96. The molecule has 1 aliphatic heterocycles. The number of hydrogen-bond acceptors (Lipinski definition) is 4. The third kappa shape index (κ3) is 3.87. The second-order valence-electron chi connectivity index (χ2n) is 5.51. The van der Waals surface area contributed by atoms with Gasteiger partial charge in [-0.25, -0.2) is 8.42 Å². The number of amides is 1. The Bertz CT molecular complexity index is 578. The van der Waals surface area contributed by atoms with E-state index < -0.39 is 10.0 Å². The molecule has 2 N–H and O–H groups in total. The van der Waals surface area contributed by atoms with Gasteiger partial charge in [-0.1, -0.05) is 13.0 Å². The van der Waals surface area contributed by atoms with Gasteiger partial charge in [0.05, 0.1) is 26.2 Å². The average molecular weight is 346 g/mol. The summed E-state index contributed by atoms with van der Waals surface area (Å²) in [5.41, 5.74) is 0. The topological polar surface area (TPSA) is 70.9 Å². The van der Waals surface area contributed by atoms with Crippen LogP contribution in [0.3, 0.4) is 0 Å². The zero-order valence-corrected chi connectivity index (χ0v) is 14.7. The van der Waals surface area contributed by atoms with Crippen LogP contribution in [0.15, 0.2) is 21.7 Å². The van der Waals surface area contributed by atoms with E-state index in [-0.39, 0.29) is 11.9 Å². The van der Waals surface area contributed by atoms with Crippen molar-refractivity contribution in [2.45, 2.75) is 30.5 Å². The highest BCUT2D eigenvalue weighted by atomic mass is 32.2. The first-order valence-electron chi connectivity index (χ1n) is 7.62. The van der Waals surface area contributed by atoms with Gasteiger partial charge >= 0.3 is 0 Å². The number of nitrogens with zero attached hydrogens (tertiary/aromatic N) is 1. The SMILES string of the molecule is CCCNC(=O)[C@@H](C)[NH+]1CCN(S(=O)(=O)c2cccs2)CC1. The van der Waals surface area contributed by atoms with Gasteiger partial charge in [0, 0.05) is 6.54 Å². The second kappa shape index (κ2) is 7.54. The molecule has 0 saturated carbocycles. The summed E-state index contributed by atoms with van der Waals surface area (Å²) in [6.07, 6.45) is 0.917. The standard InChI is InChI=1S/C14H23N3O3S2/c1-3-6-15-14(18)12(2)16-7-9-17(10-8-16)22(19,20)13-5-4-11-21-13/h4-5,11-12H,3,6-10H2,1-2H3,(H,15,18)/p+1/t12-/m1/s1. The van der Waals surface area contributed by atoms with E-state index in [9.17, 15) is 13.2 Å². The Balaban J connectivity index is 1.92. The maximum Gasteiger partial charge on any atom is 0.278 e. The van der Waals surface area contributed by atoms with Crippen molar-refractivity contribution in [3.05, 3.63) is 17.5 Å². The molecule has 22 heavy (non-hydrogen) atoms. The summed E-state index contributed by atoms with van der Waals surface area (Å²) in [5.74, 6) is 0.0476. The molecule has 0 bridgehead atoms. The lowest BCUT2D eigenvalue weighted by atomic mass is 10.2. The van der Waals surface area contributed by atoms with Gasteiger partial charge in [0.1, 0.15) is 4.21 Å². The fourth-order valence-corrected chi connectivity index (χ4v) is 5.16. The summed E-state index contributed by atoms with van der Waals surface area (Å²) < 4.78 is 26.8. The van der Waals surface area contributed by atoms with Crippen LogP contribution in [0.1, 0.15) is 20.3 Å². The van der Waals surface area contributed by atoms with Crippen LogP contribution in [-0.2, 0) is 14.8 Å². The minimum absolute atomic E-state index is 0.0476. The zero-order chi connectivity index (χ0) is 16.2. The van der Waals surface area contributed by atoms with Crippen LogP contribution in [0.4, 0.5) is 0 Å². The van der Waals surface area contributed by atoms with E-state index in [1.807, 2.05) is 13.8 Å². The molecule has 2 rings (SSSR count). The highest BCUT2D eigenvalue weighted by Gasteiger charge is 2.34. The fraction of sp³-hybridized carbons (Fsp3) is 0.643. The number of piperazine rings is 1. The van der Waals surface area contributed by atoms with Crippen molar-refractivity contribution in [1.82, 2.24) is 9.62 Å². The number of nitrogens with one attached hydrogen (secondary N) is 2. The molecule has 1 fully saturated rings. The molecular formula is C14H24N3O3S2+. The molecule has 1 aromatic rings. The molecule has 0 radical (unpaired) electrons. The molecule has 1 saturated heterocycles. The average Bonchev–Trinajstić information content (AvgIpc) is 3.07. The van der Waals surface area contributed by atoms with Crippen LogP contribution in [-0.4, -0.2) is 57.4 Å². The summed E-state index contributed by atoms with van der Waals surface area (Å²) in [5, 5.41) is 4.68. The van der Waals surface area contributed by atoms with Gasteiger partial charge in [-0.3, -0.25) is 4.79 Å². The molecule has 1 aromatic heterocycles. The summed E-state index contributed by atoms with van der Waals surface area (Å²) in [7, 11) is -3.36. The van der Waals surface area contributed by atoms with Crippen molar-refractivity contribution in [3.8, 4) is 0 Å². The molecule has 0 spiro atoms. The Morgan fingerprint density at radius 1 is 1.45 bits per heavy atom. The van der Waals surface area contributed by atoms with Crippen molar-refractivity contribution >= 4 is 27.3 Å². The van der Waals surface area contributed by atoms with Crippen LogP contribution >= 0.6 is 11.3 Å². The van der Waals surface area contributed by atoms with E-state index in [0.29, 0.717) is 36.9 Å². The number of carbonyl (C=O) groups excluding carboxylic acids is 1. The van der Waals surface area contributed by atoms with Crippen molar-refractivity contribution in [2.75, 3.05) is 32.7 Å². The van der Waals surface area contributed by atoms with Crippen molar-refractivity contribution < 1.29 is 18.1 Å². The summed E-state index contributed by atoms with van der Waals surface area (Å²) in [6.45, 7) is 6.85. The predicted octanol–water partition coefficient (Wildman–Crippen LogP) is -0.448. The third-order valence-corrected chi connectivity index (χ3v) is 7.28. The first kappa shape index (κ1) is 17.4. The Morgan fingerprint density at radius 3 is 2.68 bits per heavy atom. The van der Waals surface area contributed by atoms with E-state index >= 15 is 0 Å². The van der Waals surface area contributed by atoms with E-state index in [4.69, 9.17) is 0 Å². The monoisotopic (exact) mass is 346 g/mol. The lowest BCUT2D eigenvalue weighted by Gasteiger charge is -2.33. The largest absolute Gasteiger partial charge is 0.351 e. The number of carbonyl (C=O) groups is 1.